The van der Waals surface area contributed by atoms with E-state index >= 15 is 0 Å². The van der Waals surface area contributed by atoms with E-state index in [1.165, 1.54) is 6.92 Å². The molecule has 0 heterocycles. The molecule has 0 saturated carbocycles. The molecule has 0 fully saturated rings. The van der Waals surface area contributed by atoms with E-state index in [2.05, 4.69) is 10.0 Å². The molecule has 0 aliphatic rings. The predicted octanol–water partition coefficient (Wildman–Crippen LogP) is 0.902. The van der Waals surface area contributed by atoms with Gasteiger partial charge < -0.3 is 4.74 Å². The van der Waals surface area contributed by atoms with E-state index in [0.717, 1.165) is 0 Å². The van der Waals surface area contributed by atoms with Gasteiger partial charge >= 0.3 is 0 Å². The highest BCUT2D eigenvalue weighted by Crippen LogP contribution is 1.77. The van der Waals surface area contributed by atoms with Gasteiger partial charge in [-0.2, -0.15) is 0 Å². The lowest BCUT2D eigenvalue weighted by molar-refractivity contribution is -0.121. The second-order valence-corrected chi connectivity index (χ2v) is 1.71. The summed E-state index contributed by atoms with van der Waals surface area (Å²) in [7, 11) is 0. The Bertz CT molecular complexity index is 147. The van der Waals surface area contributed by atoms with Gasteiger partial charge in [-0.1, -0.05) is 5.11 Å². The number of azide groups is 1. The summed E-state index contributed by atoms with van der Waals surface area (Å²) < 4.78 is 4.78. The zero-order valence-corrected chi connectivity index (χ0v) is 5.78. The average molecular weight is 143 g/mol. The highest BCUT2D eigenvalue weighted by molar-refractivity contribution is 5.76. The third-order valence-corrected chi connectivity index (χ3v) is 0.704. The van der Waals surface area contributed by atoms with Crippen molar-refractivity contribution in [3.8, 4) is 0 Å². The zero-order chi connectivity index (χ0) is 7.82. The van der Waals surface area contributed by atoms with E-state index < -0.39 is 0 Å². The number of hydrogen-bond donors (Lipinski definition) is 0. The highest BCUT2D eigenvalue weighted by atomic mass is 16.5. The third-order valence-electron chi connectivity index (χ3n) is 0.704. The monoisotopic (exact) mass is 143 g/mol. The number of nitrogens with zero attached hydrogens (tertiary/aromatic N) is 3. The molecule has 0 amide bonds. The van der Waals surface area contributed by atoms with Gasteiger partial charge in [0.1, 0.15) is 6.61 Å². The fourth-order valence-electron chi connectivity index (χ4n) is 0.366. The van der Waals surface area contributed by atoms with Crippen LogP contribution in [-0.2, 0) is 9.53 Å². The predicted molar refractivity (Wildman–Crippen MR) is 35.5 cm³/mol. The number of rotatable bonds is 5. The molecule has 0 aromatic carbocycles. The fourth-order valence-corrected chi connectivity index (χ4v) is 0.366. The largest absolute Gasteiger partial charge is 0.374 e. The van der Waals surface area contributed by atoms with Crippen molar-refractivity contribution in [3.05, 3.63) is 10.4 Å². The number of ketones is 1. The quantitative estimate of drug-likeness (QED) is 0.248. The molecule has 0 bridgehead atoms. The molecule has 10 heavy (non-hydrogen) atoms. The summed E-state index contributed by atoms with van der Waals surface area (Å²) in [4.78, 5) is 12.8. The van der Waals surface area contributed by atoms with Crippen molar-refractivity contribution >= 4 is 5.78 Å². The topological polar surface area (TPSA) is 75.1 Å². The Balaban J connectivity index is 3.05. The van der Waals surface area contributed by atoms with Crippen molar-refractivity contribution < 1.29 is 9.53 Å². The molecule has 5 heteroatoms. The number of ether oxygens (including phenoxy) is 1. The molecule has 0 atom stereocenters. The molecule has 56 valence electrons. The van der Waals surface area contributed by atoms with Crippen LogP contribution in [0.5, 0.6) is 0 Å². The smallest absolute Gasteiger partial charge is 0.155 e. The first kappa shape index (κ1) is 8.94. The van der Waals surface area contributed by atoms with Gasteiger partial charge in [-0.05, 0) is 12.5 Å². The maximum Gasteiger partial charge on any atom is 0.155 e. The number of carbonyl (C=O) groups is 1. The lowest BCUT2D eigenvalue weighted by atomic mass is 10.5. The first-order valence-corrected chi connectivity index (χ1v) is 2.85. The molecule has 0 unspecified atom stereocenters. The number of carbonyl (C=O) groups excluding carboxylic acids is 1. The maximum absolute atomic E-state index is 10.2. The summed E-state index contributed by atoms with van der Waals surface area (Å²) in [5, 5.41) is 3.21. The van der Waals surface area contributed by atoms with Gasteiger partial charge in [0.2, 0.25) is 0 Å². The molecule has 0 aromatic rings. The van der Waals surface area contributed by atoms with Gasteiger partial charge in [0.05, 0.1) is 6.61 Å². The van der Waals surface area contributed by atoms with Gasteiger partial charge in [0, 0.05) is 11.5 Å². The Hall–Kier alpha value is -1.06. The van der Waals surface area contributed by atoms with E-state index in [1.54, 1.807) is 0 Å². The van der Waals surface area contributed by atoms with E-state index in [1.807, 2.05) is 0 Å². The maximum atomic E-state index is 10.2. The van der Waals surface area contributed by atoms with Crippen molar-refractivity contribution in [2.45, 2.75) is 6.92 Å². The average Bonchev–Trinajstić information content (AvgIpc) is 1.87. The van der Waals surface area contributed by atoms with Gasteiger partial charge in [-0.15, -0.1) is 0 Å². The Labute approximate surface area is 58.6 Å². The van der Waals surface area contributed by atoms with E-state index in [4.69, 9.17) is 10.3 Å². The summed E-state index contributed by atoms with van der Waals surface area (Å²) in [5.74, 6) is -0.0269. The Kier molecular flexibility index (Phi) is 5.42. The molecule has 0 saturated heterocycles. The van der Waals surface area contributed by atoms with Crippen molar-refractivity contribution in [3.63, 3.8) is 0 Å². The molecule has 5 nitrogen and oxygen atoms in total. The first-order valence-electron chi connectivity index (χ1n) is 2.85. The van der Waals surface area contributed by atoms with Crippen LogP contribution in [0, 0.1) is 0 Å². The van der Waals surface area contributed by atoms with Crippen molar-refractivity contribution in [2.75, 3.05) is 19.8 Å². The van der Waals surface area contributed by atoms with Crippen LogP contribution in [0.3, 0.4) is 0 Å². The summed E-state index contributed by atoms with van der Waals surface area (Å²) >= 11 is 0. The van der Waals surface area contributed by atoms with Gasteiger partial charge in [-0.3, -0.25) is 4.79 Å². The van der Waals surface area contributed by atoms with Gasteiger partial charge in [0.15, 0.2) is 5.78 Å². The Morgan fingerprint density at radius 2 is 2.50 bits per heavy atom. The van der Waals surface area contributed by atoms with Crippen LogP contribution in [-0.4, -0.2) is 25.5 Å². The SMILES string of the molecule is CC(=O)COCCN=[N+]=[N-]. The molecular formula is C5H9N3O2. The van der Waals surface area contributed by atoms with Crippen LogP contribution in [0.4, 0.5) is 0 Å². The van der Waals surface area contributed by atoms with Crippen LogP contribution in [0.15, 0.2) is 5.11 Å². The molecular weight excluding hydrogens is 134 g/mol. The summed E-state index contributed by atoms with van der Waals surface area (Å²) in [5.41, 5.74) is 7.81. The number of hydrogen-bond acceptors (Lipinski definition) is 3. The van der Waals surface area contributed by atoms with Crippen molar-refractivity contribution in [2.24, 2.45) is 5.11 Å². The summed E-state index contributed by atoms with van der Waals surface area (Å²) in [6.07, 6.45) is 0. The van der Waals surface area contributed by atoms with Crippen LogP contribution in [0.2, 0.25) is 0 Å². The molecule has 0 spiro atoms. The normalized spacial score (nSPS) is 8.50. The van der Waals surface area contributed by atoms with Gasteiger partial charge in [-0.25, -0.2) is 0 Å². The zero-order valence-electron chi connectivity index (χ0n) is 5.78. The van der Waals surface area contributed by atoms with Crippen molar-refractivity contribution in [1.82, 2.24) is 0 Å². The minimum atomic E-state index is -0.0269. The van der Waals surface area contributed by atoms with Crippen LogP contribution in [0.1, 0.15) is 6.92 Å². The second kappa shape index (κ2) is 6.07. The minimum Gasteiger partial charge on any atom is -0.374 e. The molecule has 0 N–H and O–H groups in total. The Morgan fingerprint density at radius 3 is 3.00 bits per heavy atom. The molecule has 0 aliphatic heterocycles. The van der Waals surface area contributed by atoms with E-state index in [0.29, 0.717) is 6.61 Å². The van der Waals surface area contributed by atoms with Crippen LogP contribution in [0.25, 0.3) is 10.4 Å². The molecule has 0 aromatic heterocycles. The first-order chi connectivity index (χ1) is 4.77. The lowest BCUT2D eigenvalue weighted by Crippen LogP contribution is -2.06. The molecule has 0 radical (unpaired) electrons. The summed E-state index contributed by atoms with van der Waals surface area (Å²) in [6, 6.07) is 0. The fraction of sp³-hybridized carbons (Fsp3) is 0.800. The third kappa shape index (κ3) is 6.94. The van der Waals surface area contributed by atoms with Gasteiger partial charge in [0.25, 0.3) is 0 Å². The lowest BCUT2D eigenvalue weighted by Gasteiger charge is -1.95. The van der Waals surface area contributed by atoms with Crippen LogP contribution < -0.4 is 0 Å². The minimum absolute atomic E-state index is 0.0269. The Morgan fingerprint density at radius 1 is 1.80 bits per heavy atom. The second-order valence-electron chi connectivity index (χ2n) is 1.71. The molecule has 0 aliphatic carbocycles. The number of Topliss-reactive ketones (excluding diaryl/α,β-unsaturated/α-hetero) is 1. The van der Waals surface area contributed by atoms with E-state index in [9.17, 15) is 4.79 Å². The van der Waals surface area contributed by atoms with Crippen molar-refractivity contribution in [1.29, 1.82) is 0 Å². The highest BCUT2D eigenvalue weighted by Gasteiger charge is 1.90. The van der Waals surface area contributed by atoms with E-state index in [-0.39, 0.29) is 18.9 Å². The molecule has 0 rings (SSSR count). The summed E-state index contributed by atoms with van der Waals surface area (Å²) in [6.45, 7) is 2.13. The van der Waals surface area contributed by atoms with Crippen LogP contribution >= 0.6 is 0 Å². The standard InChI is InChI=1S/C5H9N3O2/c1-5(9)4-10-3-2-7-8-6/h2-4H2,1H3.